The second-order valence-electron chi connectivity index (χ2n) is 3.26. The number of rotatable bonds is 3. The summed E-state index contributed by atoms with van der Waals surface area (Å²) in [5, 5.41) is 0. The van der Waals surface area contributed by atoms with Crippen molar-refractivity contribution >= 4 is 12.2 Å². The van der Waals surface area contributed by atoms with E-state index >= 15 is 0 Å². The Morgan fingerprint density at radius 1 is 0.938 bits per heavy atom. The summed E-state index contributed by atoms with van der Waals surface area (Å²) in [6.45, 7) is 9.45. The molecule has 92 valence electrons. The van der Waals surface area contributed by atoms with Crippen molar-refractivity contribution in [3.63, 3.8) is 0 Å². The lowest BCUT2D eigenvalue weighted by Crippen LogP contribution is -2.21. The third-order valence-corrected chi connectivity index (χ3v) is 1.70. The maximum absolute atomic E-state index is 4.47. The molecule has 0 aliphatic carbocycles. The molecule has 1 rings (SSSR count). The Morgan fingerprint density at radius 3 is 1.56 bits per heavy atom. The molecule has 0 saturated carbocycles. The second kappa shape index (κ2) is 14.2. The summed E-state index contributed by atoms with van der Waals surface area (Å²) in [6.07, 6.45) is 0. The summed E-state index contributed by atoms with van der Waals surface area (Å²) in [4.78, 5) is 0. The van der Waals surface area contributed by atoms with Gasteiger partial charge in [0.1, 0.15) is 6.79 Å². The van der Waals surface area contributed by atoms with E-state index in [9.17, 15) is 0 Å². The molecule has 0 radical (unpaired) electrons. The quantitative estimate of drug-likeness (QED) is 0.580. The van der Waals surface area contributed by atoms with E-state index in [2.05, 4.69) is 47.4 Å². The van der Waals surface area contributed by atoms with Crippen LogP contribution in [0.3, 0.4) is 0 Å². The minimum absolute atomic E-state index is 0.389. The number of hydrogen-bond donors (Lipinski definition) is 0. The molecular weight excluding hydrogens is 199 g/mol. The van der Waals surface area contributed by atoms with E-state index in [4.69, 9.17) is 0 Å². The molecule has 0 amide bonds. The number of ether oxygens (including phenoxy) is 2. The van der Waals surface area contributed by atoms with Crippen LogP contribution in [0.5, 0.6) is 0 Å². The van der Waals surface area contributed by atoms with Gasteiger partial charge < -0.3 is 9.47 Å². The fourth-order valence-electron chi connectivity index (χ4n) is 0.956. The third-order valence-electron chi connectivity index (χ3n) is 1.70. The van der Waals surface area contributed by atoms with Gasteiger partial charge in [-0.1, -0.05) is 63.3 Å². The Morgan fingerprint density at radius 2 is 1.38 bits per heavy atom. The predicted octanol–water partition coefficient (Wildman–Crippen LogP) is 2.91. The Bertz CT molecular complexity index is 210. The van der Waals surface area contributed by atoms with E-state index in [1.807, 2.05) is 19.9 Å². The Kier molecular flexibility index (Phi) is 15.6. The Hall–Kier alpha value is -0.795. The molecule has 0 saturated heterocycles. The first-order valence-electron chi connectivity index (χ1n) is 5.75. The summed E-state index contributed by atoms with van der Waals surface area (Å²) in [5.74, 6) is 0. The van der Waals surface area contributed by atoms with Crippen molar-refractivity contribution in [2.75, 3.05) is 21.0 Å². The molecule has 0 unspecified atom stereocenters. The lowest BCUT2D eigenvalue weighted by molar-refractivity contribution is -0.00271. The van der Waals surface area contributed by atoms with E-state index in [0.29, 0.717) is 13.5 Å². The van der Waals surface area contributed by atoms with Crippen LogP contribution in [0.25, 0.3) is 0 Å². The van der Waals surface area contributed by atoms with Gasteiger partial charge in [0, 0.05) is 14.2 Å². The van der Waals surface area contributed by atoms with Gasteiger partial charge in [-0.2, -0.15) is 0 Å². The summed E-state index contributed by atoms with van der Waals surface area (Å²) in [6, 6.07) is 10.5. The maximum atomic E-state index is 4.47. The van der Waals surface area contributed by atoms with Crippen LogP contribution in [-0.4, -0.2) is 27.7 Å². The van der Waals surface area contributed by atoms with Crippen molar-refractivity contribution in [2.45, 2.75) is 27.5 Å². The molecule has 0 bridgehead atoms. The molecule has 0 spiro atoms. The standard InChI is InChI=1S/C8H11B.C3H8O2.C2H6/c1-9(2)8-6-4-3-5-7-8;1-4-3-5-2;1-2/h3-7H,1-2H3;3H2,1-2H3;1-2H3. The zero-order valence-corrected chi connectivity index (χ0v) is 11.5. The predicted molar refractivity (Wildman–Crippen MR) is 73.8 cm³/mol. The number of methoxy groups -OCH3 is 2. The van der Waals surface area contributed by atoms with Crippen molar-refractivity contribution in [2.24, 2.45) is 0 Å². The molecule has 2 nitrogen and oxygen atoms in total. The zero-order valence-electron chi connectivity index (χ0n) is 11.5. The van der Waals surface area contributed by atoms with Gasteiger partial charge in [0.2, 0.25) is 0 Å². The molecular formula is C13H25BO2. The molecule has 0 aliphatic rings. The first kappa shape index (κ1) is 17.6. The molecule has 0 heterocycles. The molecule has 0 N–H and O–H groups in total. The van der Waals surface area contributed by atoms with Crippen molar-refractivity contribution in [1.29, 1.82) is 0 Å². The van der Waals surface area contributed by atoms with Crippen molar-refractivity contribution in [3.8, 4) is 0 Å². The lowest BCUT2D eigenvalue weighted by atomic mass is 9.49. The highest BCUT2D eigenvalue weighted by atomic mass is 16.6. The minimum atomic E-state index is 0.389. The average molecular weight is 224 g/mol. The van der Waals surface area contributed by atoms with Gasteiger partial charge in [-0.15, -0.1) is 0 Å². The van der Waals surface area contributed by atoms with Crippen LogP contribution in [0, 0.1) is 0 Å². The summed E-state index contributed by atoms with van der Waals surface area (Å²) < 4.78 is 8.94. The zero-order chi connectivity index (χ0) is 12.8. The van der Waals surface area contributed by atoms with Crippen molar-refractivity contribution in [1.82, 2.24) is 0 Å². The largest absolute Gasteiger partial charge is 0.359 e. The lowest BCUT2D eigenvalue weighted by Gasteiger charge is -1.98. The van der Waals surface area contributed by atoms with Gasteiger partial charge in [0.25, 0.3) is 0 Å². The summed E-state index contributed by atoms with van der Waals surface area (Å²) >= 11 is 0. The van der Waals surface area contributed by atoms with Crippen LogP contribution >= 0.6 is 0 Å². The monoisotopic (exact) mass is 224 g/mol. The highest BCUT2D eigenvalue weighted by molar-refractivity contribution is 6.70. The summed E-state index contributed by atoms with van der Waals surface area (Å²) in [7, 11) is 3.17. The molecule has 0 fully saturated rings. The second-order valence-corrected chi connectivity index (χ2v) is 3.26. The summed E-state index contributed by atoms with van der Waals surface area (Å²) in [5.41, 5.74) is 1.41. The molecule has 0 atom stereocenters. The van der Waals surface area contributed by atoms with Crippen LogP contribution in [0.1, 0.15) is 13.8 Å². The first-order chi connectivity index (χ1) is 7.72. The van der Waals surface area contributed by atoms with Crippen LogP contribution in [0.4, 0.5) is 0 Å². The van der Waals surface area contributed by atoms with E-state index in [1.54, 1.807) is 14.2 Å². The topological polar surface area (TPSA) is 18.5 Å². The van der Waals surface area contributed by atoms with Gasteiger partial charge in [-0.3, -0.25) is 0 Å². The molecule has 1 aromatic rings. The van der Waals surface area contributed by atoms with Gasteiger partial charge in [-0.25, -0.2) is 0 Å². The van der Waals surface area contributed by atoms with Gasteiger partial charge in [0.15, 0.2) is 6.71 Å². The molecule has 16 heavy (non-hydrogen) atoms. The van der Waals surface area contributed by atoms with E-state index in [1.165, 1.54) is 5.46 Å². The van der Waals surface area contributed by atoms with Crippen LogP contribution < -0.4 is 5.46 Å². The van der Waals surface area contributed by atoms with Gasteiger partial charge in [0.05, 0.1) is 0 Å². The minimum Gasteiger partial charge on any atom is -0.359 e. The van der Waals surface area contributed by atoms with Crippen LogP contribution in [0.15, 0.2) is 30.3 Å². The average Bonchev–Trinajstić information content (AvgIpc) is 2.34. The van der Waals surface area contributed by atoms with Gasteiger partial charge >= 0.3 is 0 Å². The first-order valence-corrected chi connectivity index (χ1v) is 5.75. The SMILES string of the molecule is CB(C)c1ccccc1.CC.COCOC. The fraction of sp³-hybridized carbons (Fsp3) is 0.538. The molecule has 3 heteroatoms. The van der Waals surface area contributed by atoms with E-state index in [0.717, 1.165) is 0 Å². The number of hydrogen-bond acceptors (Lipinski definition) is 2. The van der Waals surface area contributed by atoms with Crippen LogP contribution in [-0.2, 0) is 9.47 Å². The van der Waals surface area contributed by atoms with Crippen molar-refractivity contribution < 1.29 is 9.47 Å². The van der Waals surface area contributed by atoms with Crippen molar-refractivity contribution in [3.05, 3.63) is 30.3 Å². The normalized spacial score (nSPS) is 8.12. The van der Waals surface area contributed by atoms with Gasteiger partial charge in [-0.05, 0) is 0 Å². The third kappa shape index (κ3) is 11.3. The van der Waals surface area contributed by atoms with Crippen LogP contribution in [0.2, 0.25) is 13.6 Å². The smallest absolute Gasteiger partial charge is 0.169 e. The van der Waals surface area contributed by atoms with E-state index in [-0.39, 0.29) is 0 Å². The van der Waals surface area contributed by atoms with E-state index < -0.39 is 0 Å². The molecule has 0 aliphatic heterocycles. The number of benzene rings is 1. The highest BCUT2D eigenvalue weighted by Gasteiger charge is 1.98. The molecule has 0 aromatic heterocycles. The maximum Gasteiger partial charge on any atom is 0.169 e. The Labute approximate surface area is 101 Å². The highest BCUT2D eigenvalue weighted by Crippen LogP contribution is 1.85. The fourth-order valence-corrected chi connectivity index (χ4v) is 0.956. The molecule has 1 aromatic carbocycles. The Balaban J connectivity index is 0.